The van der Waals surface area contributed by atoms with E-state index in [4.69, 9.17) is 0 Å². The zero-order chi connectivity index (χ0) is 23.9. The van der Waals surface area contributed by atoms with Crippen molar-refractivity contribution in [3.05, 3.63) is 119 Å². The van der Waals surface area contributed by atoms with Gasteiger partial charge in [-0.1, -0.05) is 48.5 Å². The third-order valence-corrected chi connectivity index (χ3v) is 6.15. The van der Waals surface area contributed by atoms with Crippen LogP contribution in [0.2, 0.25) is 0 Å². The molecule has 1 N–H and O–H groups in total. The molecular formula is C27H22F3N3O. The summed E-state index contributed by atoms with van der Waals surface area (Å²) in [5, 5.41) is 2.70. The fourth-order valence-corrected chi connectivity index (χ4v) is 4.53. The van der Waals surface area contributed by atoms with Crippen molar-refractivity contribution in [2.24, 2.45) is 0 Å². The molecule has 7 heteroatoms. The Balaban J connectivity index is 1.61. The molecule has 0 bridgehead atoms. The molecule has 0 unspecified atom stereocenters. The molecule has 1 aliphatic heterocycles. The van der Waals surface area contributed by atoms with Crippen molar-refractivity contribution in [2.45, 2.75) is 25.7 Å². The largest absolute Gasteiger partial charge is 0.416 e. The van der Waals surface area contributed by atoms with Gasteiger partial charge in [0.15, 0.2) is 0 Å². The van der Waals surface area contributed by atoms with Gasteiger partial charge >= 0.3 is 12.2 Å². The van der Waals surface area contributed by atoms with E-state index in [1.165, 1.54) is 12.1 Å². The Hall–Kier alpha value is -4.00. The van der Waals surface area contributed by atoms with Gasteiger partial charge in [-0.05, 0) is 60.0 Å². The van der Waals surface area contributed by atoms with Crippen LogP contribution in [0.5, 0.6) is 0 Å². The van der Waals surface area contributed by atoms with Crippen molar-refractivity contribution in [2.75, 3.05) is 5.32 Å². The molecule has 0 radical (unpaired) electrons. The van der Waals surface area contributed by atoms with Gasteiger partial charge in [-0.3, -0.25) is 0 Å². The van der Waals surface area contributed by atoms with Crippen molar-refractivity contribution < 1.29 is 18.0 Å². The monoisotopic (exact) mass is 461 g/mol. The lowest BCUT2D eigenvalue weighted by atomic mass is 9.97. The quantitative estimate of drug-likeness (QED) is 0.345. The van der Waals surface area contributed by atoms with Crippen molar-refractivity contribution in [3.8, 4) is 5.69 Å². The summed E-state index contributed by atoms with van der Waals surface area (Å²) >= 11 is 0. The van der Waals surface area contributed by atoms with E-state index in [9.17, 15) is 18.0 Å². The Kier molecular flexibility index (Phi) is 5.40. The fraction of sp³-hybridized carbons (Fsp3) is 0.148. The average molecular weight is 461 g/mol. The first kappa shape index (κ1) is 21.8. The van der Waals surface area contributed by atoms with E-state index in [-0.39, 0.29) is 5.69 Å². The number of aromatic nitrogens is 1. The molecule has 0 saturated heterocycles. The molecule has 0 saturated carbocycles. The van der Waals surface area contributed by atoms with Crippen LogP contribution in [0.4, 0.5) is 23.7 Å². The van der Waals surface area contributed by atoms with Gasteiger partial charge in [0.2, 0.25) is 0 Å². The van der Waals surface area contributed by atoms with Gasteiger partial charge in [-0.25, -0.2) is 4.79 Å². The second-order valence-corrected chi connectivity index (χ2v) is 8.33. The Morgan fingerprint density at radius 1 is 0.941 bits per heavy atom. The van der Waals surface area contributed by atoms with E-state index in [0.717, 1.165) is 40.2 Å². The van der Waals surface area contributed by atoms with Crippen LogP contribution >= 0.6 is 0 Å². The second kappa shape index (κ2) is 8.41. The minimum Gasteiger partial charge on any atom is -0.318 e. The number of urea groups is 1. The summed E-state index contributed by atoms with van der Waals surface area (Å²) in [6.07, 6.45) is -2.53. The Labute approximate surface area is 195 Å². The van der Waals surface area contributed by atoms with E-state index in [1.807, 2.05) is 73.8 Å². The maximum Gasteiger partial charge on any atom is 0.416 e. The molecule has 3 aromatic carbocycles. The SMILES string of the molecule is Cc1ccccc1[C@H]1c2cccn2-c2ccccc2CN1C(=O)Nc1cccc(C(F)(F)F)c1. The maximum absolute atomic E-state index is 13.6. The lowest BCUT2D eigenvalue weighted by molar-refractivity contribution is -0.137. The number of hydrogen-bond acceptors (Lipinski definition) is 1. The average Bonchev–Trinajstić information content (AvgIpc) is 3.24. The minimum atomic E-state index is -4.49. The summed E-state index contributed by atoms with van der Waals surface area (Å²) in [6.45, 7) is 2.28. The lowest BCUT2D eigenvalue weighted by Crippen LogP contribution is -2.38. The van der Waals surface area contributed by atoms with Crippen molar-refractivity contribution >= 4 is 11.7 Å². The molecule has 1 aliphatic rings. The third-order valence-electron chi connectivity index (χ3n) is 6.15. The number of carbonyl (C=O) groups excluding carboxylic acids is 1. The highest BCUT2D eigenvalue weighted by molar-refractivity contribution is 5.90. The highest BCUT2D eigenvalue weighted by Gasteiger charge is 2.34. The van der Waals surface area contributed by atoms with Crippen LogP contribution in [0, 0.1) is 6.92 Å². The maximum atomic E-state index is 13.6. The number of halogens is 3. The van der Waals surface area contributed by atoms with Crippen LogP contribution in [-0.2, 0) is 12.7 Å². The van der Waals surface area contributed by atoms with E-state index < -0.39 is 23.8 Å². The second-order valence-electron chi connectivity index (χ2n) is 8.33. The van der Waals surface area contributed by atoms with Crippen LogP contribution in [0.25, 0.3) is 5.69 Å². The van der Waals surface area contributed by atoms with Crippen molar-refractivity contribution in [1.82, 2.24) is 9.47 Å². The molecule has 34 heavy (non-hydrogen) atoms. The molecule has 0 aliphatic carbocycles. The van der Waals surface area contributed by atoms with Gasteiger partial charge in [-0.2, -0.15) is 13.2 Å². The molecule has 0 spiro atoms. The molecule has 1 aromatic heterocycles. The number of aryl methyl sites for hydroxylation is 1. The highest BCUT2D eigenvalue weighted by atomic mass is 19.4. The zero-order valence-corrected chi connectivity index (χ0v) is 18.4. The minimum absolute atomic E-state index is 0.0938. The van der Waals surface area contributed by atoms with Crippen LogP contribution in [0.1, 0.15) is 34.0 Å². The van der Waals surface area contributed by atoms with Gasteiger partial charge in [0.25, 0.3) is 0 Å². The normalized spacial score (nSPS) is 15.3. The third kappa shape index (κ3) is 3.94. The van der Waals surface area contributed by atoms with Gasteiger partial charge < -0.3 is 14.8 Å². The number of benzene rings is 3. The molecule has 4 nitrogen and oxygen atoms in total. The Bertz CT molecular complexity index is 1360. The number of carbonyl (C=O) groups is 1. The van der Waals surface area contributed by atoms with Gasteiger partial charge in [-0.15, -0.1) is 0 Å². The molecular weight excluding hydrogens is 439 g/mol. The van der Waals surface area contributed by atoms with Gasteiger partial charge in [0.1, 0.15) is 6.04 Å². The number of alkyl halides is 3. The van der Waals surface area contributed by atoms with Crippen LogP contribution in [-0.4, -0.2) is 15.5 Å². The number of fused-ring (bicyclic) bond motifs is 3. The molecule has 4 aromatic rings. The smallest absolute Gasteiger partial charge is 0.318 e. The van der Waals surface area contributed by atoms with E-state index >= 15 is 0 Å². The van der Waals surface area contributed by atoms with E-state index in [1.54, 1.807) is 4.90 Å². The van der Waals surface area contributed by atoms with E-state index in [0.29, 0.717) is 6.54 Å². The lowest BCUT2D eigenvalue weighted by Gasteiger charge is -2.32. The number of amides is 2. The van der Waals surface area contributed by atoms with Crippen molar-refractivity contribution in [3.63, 3.8) is 0 Å². The summed E-state index contributed by atoms with van der Waals surface area (Å²) < 4.78 is 41.7. The standard InChI is InChI=1S/C27H22F3N3O/c1-18-8-2-4-12-22(18)25-24-14-7-15-32(24)23-13-5-3-9-19(23)17-33(25)26(34)31-21-11-6-10-20(16-21)27(28,29)30/h2-16,25H,17H2,1H3,(H,31,34)/t25-/m0/s1. The summed E-state index contributed by atoms with van der Waals surface area (Å²) in [6, 6.07) is 23.4. The summed E-state index contributed by atoms with van der Waals surface area (Å²) in [7, 11) is 0. The van der Waals surface area contributed by atoms with Gasteiger partial charge in [0, 0.05) is 17.6 Å². The van der Waals surface area contributed by atoms with Crippen molar-refractivity contribution in [1.29, 1.82) is 0 Å². The number of nitrogens with zero attached hydrogens (tertiary/aromatic N) is 2. The van der Waals surface area contributed by atoms with Gasteiger partial charge in [0.05, 0.1) is 17.8 Å². The molecule has 172 valence electrons. The van der Waals surface area contributed by atoms with Crippen LogP contribution < -0.4 is 5.32 Å². The molecule has 5 rings (SSSR count). The predicted molar refractivity (Wildman–Crippen MR) is 125 cm³/mol. The van der Waals surface area contributed by atoms with E-state index in [2.05, 4.69) is 9.88 Å². The zero-order valence-electron chi connectivity index (χ0n) is 18.4. The Morgan fingerprint density at radius 3 is 2.50 bits per heavy atom. The number of hydrogen-bond donors (Lipinski definition) is 1. The highest BCUT2D eigenvalue weighted by Crippen LogP contribution is 2.38. The molecule has 0 fully saturated rings. The topological polar surface area (TPSA) is 37.3 Å². The molecule has 2 amide bonds. The molecule has 1 atom stereocenters. The first-order valence-corrected chi connectivity index (χ1v) is 10.9. The first-order valence-electron chi connectivity index (χ1n) is 10.9. The summed E-state index contributed by atoms with van der Waals surface area (Å²) in [4.78, 5) is 15.3. The number of anilines is 1. The predicted octanol–water partition coefficient (Wildman–Crippen LogP) is 6.94. The first-order chi connectivity index (χ1) is 16.3. The van der Waals surface area contributed by atoms with Crippen LogP contribution in [0.3, 0.4) is 0 Å². The fourth-order valence-electron chi connectivity index (χ4n) is 4.53. The number of nitrogens with one attached hydrogen (secondary N) is 1. The summed E-state index contributed by atoms with van der Waals surface area (Å²) in [5.74, 6) is 0. The number of para-hydroxylation sites is 1. The van der Waals surface area contributed by atoms with Crippen LogP contribution in [0.15, 0.2) is 91.1 Å². The molecule has 2 heterocycles. The number of rotatable bonds is 2. The Morgan fingerprint density at radius 2 is 1.71 bits per heavy atom. The summed E-state index contributed by atoms with van der Waals surface area (Å²) in [5.41, 5.74) is 4.06.